The van der Waals surface area contributed by atoms with Crippen molar-refractivity contribution in [3.63, 3.8) is 0 Å². The number of aromatic nitrogens is 1. The summed E-state index contributed by atoms with van der Waals surface area (Å²) in [7, 11) is 1.41. The maximum absolute atomic E-state index is 11.3. The van der Waals surface area contributed by atoms with E-state index in [1.807, 2.05) is 48.8 Å². The van der Waals surface area contributed by atoms with E-state index in [4.69, 9.17) is 37.4 Å². The van der Waals surface area contributed by atoms with Crippen LogP contribution in [0.1, 0.15) is 61.6 Å². The topological polar surface area (TPSA) is 57.7 Å². The van der Waals surface area contributed by atoms with E-state index < -0.39 is 5.60 Å². The van der Waals surface area contributed by atoms with Gasteiger partial charge >= 0.3 is 5.97 Å². The first-order valence-electron chi connectivity index (χ1n) is 12.9. The molecule has 194 valence electrons. The molecule has 37 heavy (non-hydrogen) atoms. The molecular weight excluding hydrogens is 509 g/mol. The Morgan fingerprint density at radius 2 is 1.78 bits per heavy atom. The number of hydrogen-bond acceptors (Lipinski definition) is 5. The van der Waals surface area contributed by atoms with Crippen molar-refractivity contribution >= 4 is 29.2 Å². The lowest BCUT2D eigenvalue weighted by molar-refractivity contribution is -0.140. The van der Waals surface area contributed by atoms with Crippen molar-refractivity contribution in [3.05, 3.63) is 81.6 Å². The van der Waals surface area contributed by atoms with Gasteiger partial charge in [-0.3, -0.25) is 9.78 Å². The van der Waals surface area contributed by atoms with Crippen LogP contribution in [0.3, 0.4) is 0 Å². The fourth-order valence-electron chi connectivity index (χ4n) is 4.59. The summed E-state index contributed by atoms with van der Waals surface area (Å²) < 4.78 is 17.4. The fraction of sp³-hybridized carbons (Fsp3) is 0.400. The van der Waals surface area contributed by atoms with Crippen molar-refractivity contribution in [2.24, 2.45) is 0 Å². The first kappa shape index (κ1) is 26.0. The zero-order valence-electron chi connectivity index (χ0n) is 21.0. The van der Waals surface area contributed by atoms with E-state index in [9.17, 15) is 4.79 Å². The zero-order valence-corrected chi connectivity index (χ0v) is 22.5. The summed E-state index contributed by atoms with van der Waals surface area (Å²) in [5.41, 5.74) is 4.67. The molecule has 2 saturated carbocycles. The second-order valence-corrected chi connectivity index (χ2v) is 10.7. The van der Waals surface area contributed by atoms with Gasteiger partial charge in [-0.1, -0.05) is 41.4 Å². The Kier molecular flexibility index (Phi) is 8.04. The standard InChI is InChI=1S/C30H31Cl2NO4/c1-35-29(34)9-5-2-6-20-16-27(32)21(17-26(20)31)19-36-30(13-14-30)25-18-33-15-12-23(25)24-7-3-4-8-28(24)37-22-10-11-22/h3-4,7-8,12,15-18,22H,2,5-6,9-11,13-14,19H2,1H3. The summed E-state index contributed by atoms with van der Waals surface area (Å²) in [6, 6.07) is 14.1. The minimum Gasteiger partial charge on any atom is -0.490 e. The van der Waals surface area contributed by atoms with Gasteiger partial charge in [0.15, 0.2) is 0 Å². The number of carbonyl (C=O) groups excluding carboxylic acids is 1. The molecule has 2 fully saturated rings. The molecule has 1 aromatic heterocycles. The van der Waals surface area contributed by atoms with Gasteiger partial charge in [0, 0.05) is 40.0 Å². The number of hydrogen-bond donors (Lipinski definition) is 0. The third-order valence-corrected chi connectivity index (χ3v) is 7.74. The summed E-state index contributed by atoms with van der Waals surface area (Å²) in [6.07, 6.45) is 10.9. The van der Waals surface area contributed by atoms with Crippen molar-refractivity contribution in [3.8, 4) is 16.9 Å². The largest absolute Gasteiger partial charge is 0.490 e. The summed E-state index contributed by atoms with van der Waals surface area (Å²) in [5, 5.41) is 1.30. The maximum Gasteiger partial charge on any atom is 0.305 e. The third kappa shape index (κ3) is 6.28. The average molecular weight is 540 g/mol. The lowest BCUT2D eigenvalue weighted by Gasteiger charge is -2.22. The van der Waals surface area contributed by atoms with Crippen LogP contribution in [0, 0.1) is 0 Å². The molecule has 0 spiro atoms. The Morgan fingerprint density at radius 1 is 1.03 bits per heavy atom. The Morgan fingerprint density at radius 3 is 2.54 bits per heavy atom. The van der Waals surface area contributed by atoms with E-state index >= 15 is 0 Å². The van der Waals surface area contributed by atoms with Crippen LogP contribution in [0.25, 0.3) is 11.1 Å². The Bertz CT molecular complexity index is 1270. The minimum absolute atomic E-state index is 0.193. The highest BCUT2D eigenvalue weighted by molar-refractivity contribution is 6.34. The van der Waals surface area contributed by atoms with Gasteiger partial charge in [-0.25, -0.2) is 0 Å². The highest BCUT2D eigenvalue weighted by Gasteiger charge is 2.47. The number of rotatable bonds is 12. The normalized spacial score (nSPS) is 15.9. The van der Waals surface area contributed by atoms with Crippen LogP contribution in [0.2, 0.25) is 10.0 Å². The van der Waals surface area contributed by atoms with E-state index in [0.29, 0.717) is 29.2 Å². The lowest BCUT2D eigenvalue weighted by Crippen LogP contribution is -2.14. The Hall–Kier alpha value is -2.60. The second-order valence-electron chi connectivity index (χ2n) is 9.84. The molecule has 2 aliphatic rings. The van der Waals surface area contributed by atoms with E-state index in [2.05, 4.69) is 11.1 Å². The number of pyridine rings is 1. The minimum atomic E-state index is -0.404. The van der Waals surface area contributed by atoms with Gasteiger partial charge < -0.3 is 14.2 Å². The molecule has 0 radical (unpaired) electrons. The number of aryl methyl sites for hydroxylation is 1. The quantitative estimate of drug-likeness (QED) is 0.174. The average Bonchev–Trinajstić information content (AvgIpc) is 3.85. The molecule has 5 rings (SSSR count). The van der Waals surface area contributed by atoms with Crippen molar-refractivity contribution in [1.82, 2.24) is 4.98 Å². The van der Waals surface area contributed by atoms with E-state index in [-0.39, 0.29) is 5.97 Å². The van der Waals surface area contributed by atoms with Gasteiger partial charge in [-0.15, -0.1) is 0 Å². The molecule has 0 unspecified atom stereocenters. The summed E-state index contributed by atoms with van der Waals surface area (Å²) in [6.45, 7) is 0.357. The number of halogens is 2. The summed E-state index contributed by atoms with van der Waals surface area (Å²) in [4.78, 5) is 15.8. The Balaban J connectivity index is 1.29. The number of unbranched alkanes of at least 4 members (excludes halogenated alkanes) is 1. The third-order valence-electron chi connectivity index (χ3n) is 7.04. The van der Waals surface area contributed by atoms with E-state index in [0.717, 1.165) is 78.5 Å². The number of nitrogens with zero attached hydrogens (tertiary/aromatic N) is 1. The second kappa shape index (κ2) is 11.4. The number of methoxy groups -OCH3 is 1. The van der Waals surface area contributed by atoms with Gasteiger partial charge in [0.05, 0.1) is 25.4 Å². The zero-order chi connectivity index (χ0) is 25.8. The molecular formula is C30H31Cl2NO4. The highest BCUT2D eigenvalue weighted by Crippen LogP contribution is 2.53. The molecule has 2 aliphatic carbocycles. The molecule has 0 saturated heterocycles. The van der Waals surface area contributed by atoms with Crippen LogP contribution in [-0.4, -0.2) is 24.2 Å². The van der Waals surface area contributed by atoms with Crippen LogP contribution in [0.4, 0.5) is 0 Å². The molecule has 2 aromatic carbocycles. The molecule has 0 atom stereocenters. The number of ether oxygens (including phenoxy) is 3. The van der Waals surface area contributed by atoms with Crippen molar-refractivity contribution in [1.29, 1.82) is 0 Å². The van der Waals surface area contributed by atoms with Crippen LogP contribution in [0.15, 0.2) is 54.9 Å². The highest BCUT2D eigenvalue weighted by atomic mass is 35.5. The monoisotopic (exact) mass is 539 g/mol. The summed E-state index contributed by atoms with van der Waals surface area (Å²) >= 11 is 13.2. The van der Waals surface area contributed by atoms with Gasteiger partial charge in [-0.05, 0) is 85.9 Å². The van der Waals surface area contributed by atoms with Crippen LogP contribution in [0.5, 0.6) is 5.75 Å². The SMILES string of the molecule is COC(=O)CCCCc1cc(Cl)c(COC2(c3cnccc3-c3ccccc3OC3CC3)CC2)cc1Cl. The van der Waals surface area contributed by atoms with Crippen LogP contribution in [-0.2, 0) is 32.9 Å². The summed E-state index contributed by atoms with van der Waals surface area (Å²) in [5.74, 6) is 0.714. The lowest BCUT2D eigenvalue weighted by atomic mass is 9.96. The molecule has 0 amide bonds. The van der Waals surface area contributed by atoms with Crippen molar-refractivity contribution in [2.45, 2.75) is 69.7 Å². The number of para-hydroxylation sites is 1. The van der Waals surface area contributed by atoms with Gasteiger partial charge in [0.1, 0.15) is 5.75 Å². The number of benzene rings is 2. The number of carbonyl (C=O) groups is 1. The molecule has 7 heteroatoms. The fourth-order valence-corrected chi connectivity index (χ4v) is 5.11. The maximum atomic E-state index is 11.3. The molecule has 5 nitrogen and oxygen atoms in total. The molecule has 0 N–H and O–H groups in total. The predicted molar refractivity (Wildman–Crippen MR) is 145 cm³/mol. The van der Waals surface area contributed by atoms with Crippen LogP contribution < -0.4 is 4.74 Å². The van der Waals surface area contributed by atoms with E-state index in [1.54, 1.807) is 0 Å². The molecule has 1 heterocycles. The van der Waals surface area contributed by atoms with Crippen molar-refractivity contribution < 1.29 is 19.0 Å². The van der Waals surface area contributed by atoms with E-state index in [1.165, 1.54) is 7.11 Å². The molecule has 0 aliphatic heterocycles. The first-order valence-corrected chi connectivity index (χ1v) is 13.6. The first-order chi connectivity index (χ1) is 18.0. The molecule has 3 aromatic rings. The van der Waals surface area contributed by atoms with Gasteiger partial charge in [0.2, 0.25) is 0 Å². The number of esters is 1. The van der Waals surface area contributed by atoms with Gasteiger partial charge in [0.25, 0.3) is 0 Å². The Labute approximate surface area is 228 Å². The smallest absolute Gasteiger partial charge is 0.305 e. The molecule has 0 bridgehead atoms. The van der Waals surface area contributed by atoms with Crippen molar-refractivity contribution in [2.75, 3.05) is 7.11 Å². The van der Waals surface area contributed by atoms with Crippen LogP contribution >= 0.6 is 23.2 Å². The predicted octanol–water partition coefficient (Wildman–Crippen LogP) is 7.69. The van der Waals surface area contributed by atoms with Gasteiger partial charge in [-0.2, -0.15) is 0 Å².